The molecule has 0 saturated carbocycles. The predicted octanol–water partition coefficient (Wildman–Crippen LogP) is 10.7. The number of hydrogen-bond acceptors (Lipinski definition) is 2. The molecule has 3 aliphatic carbocycles. The molecule has 2 heterocycles. The molecule has 0 saturated heterocycles. The number of hydrogen-bond donors (Lipinski definition) is 0. The lowest BCUT2D eigenvalue weighted by Gasteiger charge is -2.32. The second-order valence-corrected chi connectivity index (χ2v) is 13.0. The van der Waals surface area contributed by atoms with E-state index in [1.807, 2.05) is 24.3 Å². The van der Waals surface area contributed by atoms with Crippen LogP contribution in [0, 0.1) is 28.6 Å². The maximum absolute atomic E-state index is 10.5. The Hall–Kier alpha value is -6.36. The molecule has 0 fully saturated rings. The fourth-order valence-corrected chi connectivity index (χ4v) is 8.23. The second-order valence-electron chi connectivity index (χ2n) is 13.0. The number of allylic oxidation sites excluding steroid dienone is 11. The molecule has 6 aromatic rings. The Morgan fingerprint density at radius 2 is 1.39 bits per heavy atom. The van der Waals surface area contributed by atoms with E-state index in [0.29, 0.717) is 17.6 Å². The first-order valence-corrected chi connectivity index (χ1v) is 16.9. The average molecular weight is 629 g/mol. The Morgan fingerprint density at radius 3 is 2.10 bits per heavy atom. The summed E-state index contributed by atoms with van der Waals surface area (Å²) in [6.45, 7) is 0. The molecular formula is C45H32N4. The van der Waals surface area contributed by atoms with Crippen molar-refractivity contribution in [3.05, 3.63) is 173 Å². The van der Waals surface area contributed by atoms with Crippen LogP contribution in [0.15, 0.2) is 156 Å². The Bertz CT molecular complexity index is 2540. The summed E-state index contributed by atoms with van der Waals surface area (Å²) in [6.07, 6.45) is 19.4. The third kappa shape index (κ3) is 4.65. The standard InChI is InChI=1S/C45H32N4/c46-28-30-20-21-32(31-22-24-35(25-23-31)48-40-15-5-1-11-36(40)37-12-2-6-16-41(37)48)27-34(26-30)45-33(29-47)10-9-19-44(45)49-42-17-7-3-13-38(42)39-14-4-8-18-43(39)49/h1-5,7-15,17-26,44-45H,6,16,27H2. The van der Waals surface area contributed by atoms with Crippen molar-refractivity contribution in [2.75, 3.05) is 0 Å². The minimum atomic E-state index is -0.238. The van der Waals surface area contributed by atoms with Gasteiger partial charge < -0.3 is 9.13 Å². The van der Waals surface area contributed by atoms with E-state index in [1.165, 1.54) is 32.9 Å². The lowest BCUT2D eigenvalue weighted by molar-refractivity contribution is 0.511. The molecule has 0 aliphatic heterocycles. The summed E-state index contributed by atoms with van der Waals surface area (Å²) in [5.41, 5.74) is 11.9. The van der Waals surface area contributed by atoms with Gasteiger partial charge in [-0.3, -0.25) is 0 Å². The summed E-state index contributed by atoms with van der Waals surface area (Å²) in [5, 5.41) is 24.3. The van der Waals surface area contributed by atoms with Crippen molar-refractivity contribution in [2.24, 2.45) is 5.92 Å². The number of para-hydroxylation sites is 3. The summed E-state index contributed by atoms with van der Waals surface area (Å²) in [7, 11) is 0. The highest BCUT2D eigenvalue weighted by molar-refractivity contribution is 6.08. The SMILES string of the molecule is N#CC1=CC=C(c2ccc(-n3c4c(c5ccccc53)C=CCC4)cc2)CC(C2C(C#N)=CC=CC2n2c3ccccc3c3ccccc32)=C1. The quantitative estimate of drug-likeness (QED) is 0.195. The van der Waals surface area contributed by atoms with Crippen LogP contribution in [-0.4, -0.2) is 9.13 Å². The number of rotatable bonds is 4. The van der Waals surface area contributed by atoms with Gasteiger partial charge in [0.2, 0.25) is 0 Å². The Kier molecular flexibility index (Phi) is 6.89. The molecular weight excluding hydrogens is 597 g/mol. The average Bonchev–Trinajstić information content (AvgIpc) is 3.58. The van der Waals surface area contributed by atoms with E-state index in [0.717, 1.165) is 46.3 Å². The normalized spacial score (nSPS) is 18.7. The van der Waals surface area contributed by atoms with Crippen molar-refractivity contribution >= 4 is 44.4 Å². The lowest BCUT2D eigenvalue weighted by Crippen LogP contribution is -2.23. The Balaban J connectivity index is 1.13. The third-order valence-corrected chi connectivity index (χ3v) is 10.4. The third-order valence-electron chi connectivity index (χ3n) is 10.4. The van der Waals surface area contributed by atoms with E-state index in [2.05, 4.69) is 143 Å². The molecule has 49 heavy (non-hydrogen) atoms. The van der Waals surface area contributed by atoms with E-state index in [9.17, 15) is 10.5 Å². The molecule has 9 rings (SSSR count). The van der Waals surface area contributed by atoms with Gasteiger partial charge >= 0.3 is 0 Å². The van der Waals surface area contributed by atoms with Crippen LogP contribution >= 0.6 is 0 Å². The van der Waals surface area contributed by atoms with Gasteiger partial charge in [0.1, 0.15) is 0 Å². The highest BCUT2D eigenvalue weighted by Gasteiger charge is 2.33. The molecule has 2 atom stereocenters. The van der Waals surface area contributed by atoms with Gasteiger partial charge in [-0.2, -0.15) is 10.5 Å². The maximum atomic E-state index is 10.5. The highest BCUT2D eigenvalue weighted by atomic mass is 15.0. The van der Waals surface area contributed by atoms with Gasteiger partial charge in [0.15, 0.2) is 0 Å². The minimum absolute atomic E-state index is 0.139. The fourth-order valence-electron chi connectivity index (χ4n) is 8.23. The van der Waals surface area contributed by atoms with E-state index >= 15 is 0 Å². The number of benzene rings is 4. The maximum Gasteiger partial charge on any atom is 0.0991 e. The zero-order valence-electron chi connectivity index (χ0n) is 26.9. The van der Waals surface area contributed by atoms with Gasteiger partial charge in [0, 0.05) is 55.6 Å². The first kappa shape index (κ1) is 28.8. The van der Waals surface area contributed by atoms with E-state index < -0.39 is 0 Å². The molecule has 0 spiro atoms. The molecule has 232 valence electrons. The molecule has 3 aliphatic rings. The van der Waals surface area contributed by atoms with Crippen LogP contribution in [-0.2, 0) is 6.42 Å². The zero-order valence-corrected chi connectivity index (χ0v) is 26.9. The van der Waals surface area contributed by atoms with Crippen molar-refractivity contribution in [1.82, 2.24) is 9.13 Å². The topological polar surface area (TPSA) is 57.4 Å². The summed E-state index contributed by atoms with van der Waals surface area (Å²) in [6, 6.07) is 39.3. The van der Waals surface area contributed by atoms with Crippen molar-refractivity contribution in [1.29, 1.82) is 10.5 Å². The van der Waals surface area contributed by atoms with Crippen LogP contribution < -0.4 is 0 Å². The van der Waals surface area contributed by atoms with Crippen molar-refractivity contribution in [3.63, 3.8) is 0 Å². The van der Waals surface area contributed by atoms with Crippen LogP contribution in [0.5, 0.6) is 0 Å². The molecule has 0 N–H and O–H groups in total. The highest BCUT2D eigenvalue weighted by Crippen LogP contribution is 2.45. The summed E-state index contributed by atoms with van der Waals surface area (Å²) >= 11 is 0. The largest absolute Gasteiger partial charge is 0.332 e. The van der Waals surface area contributed by atoms with Crippen molar-refractivity contribution < 1.29 is 0 Å². The van der Waals surface area contributed by atoms with Crippen LogP contribution in [0.3, 0.4) is 0 Å². The molecule has 4 nitrogen and oxygen atoms in total. The van der Waals surface area contributed by atoms with Crippen LogP contribution in [0.1, 0.15) is 35.7 Å². The monoisotopic (exact) mass is 628 g/mol. The van der Waals surface area contributed by atoms with Gasteiger partial charge in [-0.1, -0.05) is 103 Å². The summed E-state index contributed by atoms with van der Waals surface area (Å²) in [5.74, 6) is -0.238. The zero-order chi connectivity index (χ0) is 32.9. The van der Waals surface area contributed by atoms with Gasteiger partial charge in [0.05, 0.1) is 29.3 Å². The molecule has 0 bridgehead atoms. The molecule has 0 radical (unpaired) electrons. The second kappa shape index (κ2) is 11.7. The lowest BCUT2D eigenvalue weighted by atomic mass is 9.78. The molecule has 4 heteroatoms. The van der Waals surface area contributed by atoms with Crippen molar-refractivity contribution in [3.8, 4) is 17.8 Å². The Labute approximate surface area is 285 Å². The van der Waals surface area contributed by atoms with Crippen LogP contribution in [0.4, 0.5) is 0 Å². The number of fused-ring (bicyclic) bond motifs is 6. The van der Waals surface area contributed by atoms with E-state index in [-0.39, 0.29) is 12.0 Å². The van der Waals surface area contributed by atoms with Gasteiger partial charge in [-0.05, 0) is 79.0 Å². The van der Waals surface area contributed by atoms with Gasteiger partial charge in [-0.15, -0.1) is 0 Å². The Morgan fingerprint density at radius 1 is 0.694 bits per heavy atom. The minimum Gasteiger partial charge on any atom is -0.332 e. The first-order chi connectivity index (χ1) is 24.2. The smallest absolute Gasteiger partial charge is 0.0991 e. The van der Waals surface area contributed by atoms with Crippen LogP contribution in [0.2, 0.25) is 0 Å². The molecule has 0 amide bonds. The predicted molar refractivity (Wildman–Crippen MR) is 200 cm³/mol. The van der Waals surface area contributed by atoms with Gasteiger partial charge in [0.25, 0.3) is 0 Å². The number of aromatic nitrogens is 2. The summed E-state index contributed by atoms with van der Waals surface area (Å²) in [4.78, 5) is 0. The summed E-state index contributed by atoms with van der Waals surface area (Å²) < 4.78 is 4.79. The molecule has 2 aromatic heterocycles. The van der Waals surface area contributed by atoms with E-state index in [4.69, 9.17) is 0 Å². The number of nitriles is 2. The molecule has 2 unspecified atom stereocenters. The van der Waals surface area contributed by atoms with Gasteiger partial charge in [-0.25, -0.2) is 0 Å². The number of nitrogens with zero attached hydrogens (tertiary/aromatic N) is 4. The molecule has 4 aromatic carbocycles. The first-order valence-electron chi connectivity index (χ1n) is 16.9. The fraction of sp³-hybridized carbons (Fsp3) is 0.111. The van der Waals surface area contributed by atoms with Crippen molar-refractivity contribution in [2.45, 2.75) is 25.3 Å². The van der Waals surface area contributed by atoms with E-state index in [1.54, 1.807) is 0 Å². The van der Waals surface area contributed by atoms with Crippen LogP contribution in [0.25, 0.3) is 50.0 Å².